The lowest BCUT2D eigenvalue weighted by atomic mass is 9.78. The van der Waals surface area contributed by atoms with Gasteiger partial charge in [0.1, 0.15) is 0 Å². The quantitative estimate of drug-likeness (QED) is 0.843. The fourth-order valence-corrected chi connectivity index (χ4v) is 6.45. The van der Waals surface area contributed by atoms with Crippen LogP contribution in [0.15, 0.2) is 24.3 Å². The number of benzene rings is 1. The van der Waals surface area contributed by atoms with Crippen molar-refractivity contribution in [2.75, 3.05) is 0 Å². The lowest BCUT2D eigenvalue weighted by molar-refractivity contribution is 0.194. The van der Waals surface area contributed by atoms with Gasteiger partial charge in [-0.1, -0.05) is 30.7 Å². The Morgan fingerprint density at radius 2 is 1.76 bits per heavy atom. The largest absolute Gasteiger partial charge is 0.307 e. The van der Waals surface area contributed by atoms with E-state index in [0.29, 0.717) is 6.04 Å². The van der Waals surface area contributed by atoms with E-state index in [-0.39, 0.29) is 0 Å². The molecule has 1 N–H and O–H groups in total. The number of hydrogen-bond donors (Lipinski definition) is 1. The molecule has 1 heteroatoms. The van der Waals surface area contributed by atoms with Gasteiger partial charge < -0.3 is 5.32 Å². The van der Waals surface area contributed by atoms with Crippen molar-refractivity contribution in [1.29, 1.82) is 0 Å². The van der Waals surface area contributed by atoms with E-state index < -0.39 is 0 Å². The first kappa shape index (κ1) is 12.7. The Hall–Kier alpha value is -0.820. The summed E-state index contributed by atoms with van der Waals surface area (Å²) in [4.78, 5) is 0. The van der Waals surface area contributed by atoms with Crippen molar-refractivity contribution in [2.45, 2.75) is 63.5 Å². The normalized spacial score (nSPS) is 43.8. The van der Waals surface area contributed by atoms with Crippen molar-refractivity contribution < 1.29 is 0 Å². The van der Waals surface area contributed by atoms with Gasteiger partial charge in [0.25, 0.3) is 0 Å². The third-order valence-electron chi connectivity index (χ3n) is 7.21. The maximum Gasteiger partial charge on any atom is 0.0325 e. The van der Waals surface area contributed by atoms with E-state index in [1.807, 2.05) is 0 Å². The highest BCUT2D eigenvalue weighted by molar-refractivity contribution is 5.32. The summed E-state index contributed by atoms with van der Waals surface area (Å²) in [6.07, 6.45) is 11.6. The van der Waals surface area contributed by atoms with E-state index in [2.05, 4.69) is 29.6 Å². The molecule has 0 heterocycles. The fraction of sp³-hybridized carbons (Fsp3) is 0.700. The van der Waals surface area contributed by atoms with Crippen LogP contribution in [-0.2, 0) is 6.42 Å². The zero-order chi connectivity index (χ0) is 13.8. The number of nitrogens with one attached hydrogen (secondary N) is 1. The van der Waals surface area contributed by atoms with Crippen LogP contribution in [-0.4, -0.2) is 6.04 Å². The summed E-state index contributed by atoms with van der Waals surface area (Å²) in [6, 6.07) is 10.6. The van der Waals surface area contributed by atoms with E-state index in [9.17, 15) is 0 Å². The van der Waals surface area contributed by atoms with E-state index in [4.69, 9.17) is 0 Å². The highest BCUT2D eigenvalue weighted by Gasteiger charge is 2.53. The summed E-state index contributed by atoms with van der Waals surface area (Å²) in [5.41, 5.74) is 3.21. The van der Waals surface area contributed by atoms with Crippen molar-refractivity contribution in [3.05, 3.63) is 35.4 Å². The summed E-state index contributed by atoms with van der Waals surface area (Å²) in [6.45, 7) is 0. The molecule has 0 aliphatic heterocycles. The average molecular weight is 281 g/mol. The summed E-state index contributed by atoms with van der Waals surface area (Å²) < 4.78 is 0. The Labute approximate surface area is 128 Å². The van der Waals surface area contributed by atoms with E-state index in [1.165, 1.54) is 38.5 Å². The second-order valence-corrected chi connectivity index (χ2v) is 8.07. The molecule has 6 atom stereocenters. The molecule has 1 aromatic rings. The van der Waals surface area contributed by atoms with Crippen LogP contribution in [0.25, 0.3) is 0 Å². The number of rotatable bonds is 2. The molecular weight excluding hydrogens is 254 g/mol. The van der Waals surface area contributed by atoms with Gasteiger partial charge >= 0.3 is 0 Å². The minimum atomic E-state index is 0.638. The van der Waals surface area contributed by atoms with E-state index in [0.717, 1.165) is 29.7 Å². The van der Waals surface area contributed by atoms with Gasteiger partial charge in [-0.2, -0.15) is 0 Å². The third kappa shape index (κ3) is 1.93. The van der Waals surface area contributed by atoms with Crippen molar-refractivity contribution in [3.63, 3.8) is 0 Å². The maximum atomic E-state index is 4.12. The first-order valence-electron chi connectivity index (χ1n) is 9.24. The molecule has 3 saturated carbocycles. The van der Waals surface area contributed by atoms with Crippen molar-refractivity contribution >= 4 is 0 Å². The Bertz CT molecular complexity index is 536. The van der Waals surface area contributed by atoms with Gasteiger partial charge in [-0.25, -0.2) is 0 Å². The molecular formula is C20H27N. The minimum absolute atomic E-state index is 0.638. The second kappa shape index (κ2) is 4.84. The first-order chi connectivity index (χ1) is 10.4. The van der Waals surface area contributed by atoms with E-state index in [1.54, 1.807) is 24.0 Å². The standard InChI is InChI=1S/C20H27N/c1-2-7-16-13(5-1)6-3-10-19(16)21-20-12-14-11-18(20)17-9-4-8-15(14)17/h1-2,5,7,14-15,17-21H,3-4,6,8-12H2. The minimum Gasteiger partial charge on any atom is -0.307 e. The van der Waals surface area contributed by atoms with Gasteiger partial charge in [0.05, 0.1) is 0 Å². The average Bonchev–Trinajstić information content (AvgIpc) is 3.20. The Morgan fingerprint density at radius 1 is 0.857 bits per heavy atom. The zero-order valence-electron chi connectivity index (χ0n) is 12.9. The molecule has 3 fully saturated rings. The molecule has 0 amide bonds. The topological polar surface area (TPSA) is 12.0 Å². The van der Waals surface area contributed by atoms with Crippen LogP contribution in [0.4, 0.5) is 0 Å². The van der Waals surface area contributed by atoms with Gasteiger partial charge in [0, 0.05) is 12.1 Å². The van der Waals surface area contributed by atoms with Gasteiger partial charge in [0.15, 0.2) is 0 Å². The van der Waals surface area contributed by atoms with Crippen molar-refractivity contribution in [1.82, 2.24) is 5.32 Å². The van der Waals surface area contributed by atoms with Crippen molar-refractivity contribution in [3.8, 4) is 0 Å². The molecule has 0 spiro atoms. The summed E-state index contributed by atoms with van der Waals surface area (Å²) in [7, 11) is 0. The van der Waals surface area contributed by atoms with Crippen LogP contribution in [0.1, 0.15) is 62.1 Å². The third-order valence-corrected chi connectivity index (χ3v) is 7.21. The molecule has 4 aliphatic carbocycles. The molecule has 112 valence electrons. The van der Waals surface area contributed by atoms with Crippen LogP contribution < -0.4 is 5.32 Å². The molecule has 2 bridgehead atoms. The highest BCUT2D eigenvalue weighted by Crippen LogP contribution is 2.59. The highest BCUT2D eigenvalue weighted by atomic mass is 15.0. The molecule has 0 aromatic heterocycles. The smallest absolute Gasteiger partial charge is 0.0325 e. The predicted octanol–water partition coefficient (Wildman–Crippen LogP) is 4.48. The van der Waals surface area contributed by atoms with Gasteiger partial charge in [0.2, 0.25) is 0 Å². The van der Waals surface area contributed by atoms with Gasteiger partial charge in [-0.3, -0.25) is 0 Å². The Kier molecular flexibility index (Phi) is 2.93. The second-order valence-electron chi connectivity index (χ2n) is 8.07. The van der Waals surface area contributed by atoms with Crippen LogP contribution in [0.5, 0.6) is 0 Å². The van der Waals surface area contributed by atoms with Crippen LogP contribution in [0.2, 0.25) is 0 Å². The van der Waals surface area contributed by atoms with Gasteiger partial charge in [-0.15, -0.1) is 0 Å². The molecule has 4 aliphatic rings. The molecule has 21 heavy (non-hydrogen) atoms. The molecule has 1 nitrogen and oxygen atoms in total. The maximum absolute atomic E-state index is 4.12. The van der Waals surface area contributed by atoms with E-state index >= 15 is 0 Å². The summed E-state index contributed by atoms with van der Waals surface area (Å²) >= 11 is 0. The monoisotopic (exact) mass is 281 g/mol. The van der Waals surface area contributed by atoms with Gasteiger partial charge in [-0.05, 0) is 79.7 Å². The SMILES string of the molecule is c1ccc2c(c1)CCCC2NC1CC2CC1C1CCCC21. The first-order valence-corrected chi connectivity index (χ1v) is 9.24. The lowest BCUT2D eigenvalue weighted by Crippen LogP contribution is -2.42. The number of aryl methyl sites for hydroxylation is 1. The Morgan fingerprint density at radius 3 is 2.76 bits per heavy atom. The molecule has 5 rings (SSSR count). The molecule has 0 radical (unpaired) electrons. The summed E-state index contributed by atoms with van der Waals surface area (Å²) in [5, 5.41) is 4.12. The van der Waals surface area contributed by atoms with Crippen LogP contribution >= 0.6 is 0 Å². The Balaban J connectivity index is 1.35. The number of hydrogen-bond acceptors (Lipinski definition) is 1. The molecule has 1 aromatic carbocycles. The molecule has 0 saturated heterocycles. The predicted molar refractivity (Wildman–Crippen MR) is 86.1 cm³/mol. The van der Waals surface area contributed by atoms with Crippen molar-refractivity contribution in [2.24, 2.45) is 23.7 Å². The fourth-order valence-electron chi connectivity index (χ4n) is 6.45. The lowest BCUT2D eigenvalue weighted by Gasteiger charge is -2.36. The molecule has 6 unspecified atom stereocenters. The summed E-state index contributed by atoms with van der Waals surface area (Å²) in [5.74, 6) is 4.28. The number of fused-ring (bicyclic) bond motifs is 6. The van der Waals surface area contributed by atoms with Crippen LogP contribution in [0.3, 0.4) is 0 Å². The zero-order valence-corrected chi connectivity index (χ0v) is 12.9. The van der Waals surface area contributed by atoms with Crippen LogP contribution in [0, 0.1) is 23.7 Å².